The molecule has 0 spiro atoms. The number of esters is 1. The predicted molar refractivity (Wildman–Crippen MR) is 153 cm³/mol. The fourth-order valence-corrected chi connectivity index (χ4v) is 5.07. The lowest BCUT2D eigenvalue weighted by Crippen LogP contribution is -2.50. The second-order valence-corrected chi connectivity index (χ2v) is 11.4. The number of hydrogen-bond donors (Lipinski definition) is 0. The summed E-state index contributed by atoms with van der Waals surface area (Å²) in [5.74, 6) is 1.25. The molecule has 3 aromatic carbocycles. The molecule has 1 aliphatic rings. The average molecular weight is 538 g/mol. The van der Waals surface area contributed by atoms with Crippen LogP contribution in [0.4, 0.5) is 5.69 Å². The number of benzene rings is 3. The van der Waals surface area contributed by atoms with Gasteiger partial charge in [0.2, 0.25) is 0 Å². The second-order valence-electron chi connectivity index (χ2n) is 9.96. The average Bonchev–Trinajstić information content (AvgIpc) is 2.91. The molecule has 0 N–H and O–H groups in total. The van der Waals surface area contributed by atoms with E-state index in [2.05, 4.69) is 20.4 Å². The molecule has 3 aromatic rings. The van der Waals surface area contributed by atoms with E-state index in [-0.39, 0.29) is 19.0 Å². The van der Waals surface area contributed by atoms with Gasteiger partial charge in [-0.15, -0.1) is 4.91 Å². The summed E-state index contributed by atoms with van der Waals surface area (Å²) in [5, 5.41) is 2.10. The van der Waals surface area contributed by atoms with E-state index < -0.39 is 10.9 Å². The lowest BCUT2D eigenvalue weighted by atomic mass is 10.1. The highest BCUT2D eigenvalue weighted by Crippen LogP contribution is 2.30. The van der Waals surface area contributed by atoms with Crippen LogP contribution < -0.4 is 14.4 Å². The number of anilines is 1. The molecule has 38 heavy (non-hydrogen) atoms. The van der Waals surface area contributed by atoms with Crippen LogP contribution in [0, 0.1) is 4.91 Å². The molecular formula is C29H35N3O5S. The van der Waals surface area contributed by atoms with Crippen LogP contribution in [-0.2, 0) is 9.53 Å². The highest BCUT2D eigenvalue weighted by molar-refractivity contribution is 7.99. The van der Waals surface area contributed by atoms with Crippen LogP contribution in [0.25, 0.3) is 10.8 Å². The molecule has 1 atom stereocenters. The van der Waals surface area contributed by atoms with Gasteiger partial charge in [-0.1, -0.05) is 48.5 Å². The molecule has 0 amide bonds. The van der Waals surface area contributed by atoms with Gasteiger partial charge >= 0.3 is 5.97 Å². The van der Waals surface area contributed by atoms with Gasteiger partial charge < -0.3 is 19.1 Å². The summed E-state index contributed by atoms with van der Waals surface area (Å²) in [6.45, 7) is 7.69. The number of nitroso groups, excluding NO2 is 1. The zero-order valence-corrected chi connectivity index (χ0v) is 23.0. The molecule has 1 fully saturated rings. The maximum atomic E-state index is 12.8. The van der Waals surface area contributed by atoms with E-state index in [1.165, 1.54) is 0 Å². The van der Waals surface area contributed by atoms with E-state index in [1.54, 1.807) is 21.0 Å². The summed E-state index contributed by atoms with van der Waals surface area (Å²) < 4.78 is 19.9. The standard InChI is InChI=1S/C29H35N3O5S/c1-29(2,38-30-34)19-28(33)37-23(21-36-26-14-8-10-22-9-4-5-11-24(22)26)20-31-15-17-32(18-16-31)25-12-6-7-13-27(25)35-3/h4-14,23H,15-21H2,1-3H3. The third-order valence-electron chi connectivity index (χ3n) is 6.59. The van der Waals surface area contributed by atoms with Crippen molar-refractivity contribution in [2.24, 2.45) is 4.58 Å². The number of carbonyl (C=O) groups excluding carboxylic acids is 1. The Morgan fingerprint density at radius 1 is 0.974 bits per heavy atom. The molecule has 9 heteroatoms. The Labute approximate surface area is 228 Å². The van der Waals surface area contributed by atoms with E-state index in [9.17, 15) is 9.70 Å². The molecule has 1 unspecified atom stereocenters. The number of rotatable bonds is 12. The Bertz CT molecular complexity index is 1220. The number of nitrogens with zero attached hydrogens (tertiary/aromatic N) is 3. The Balaban J connectivity index is 1.42. The van der Waals surface area contributed by atoms with Crippen molar-refractivity contribution < 1.29 is 19.0 Å². The van der Waals surface area contributed by atoms with Crippen molar-refractivity contribution in [2.75, 3.05) is 51.3 Å². The minimum Gasteiger partial charge on any atom is -0.495 e. The first kappa shape index (κ1) is 27.7. The SMILES string of the molecule is COc1ccccc1N1CCN(CC(COc2cccc3ccccc23)OC(=O)CC(C)(C)SN=O)CC1. The van der Waals surface area contributed by atoms with Crippen molar-refractivity contribution in [1.29, 1.82) is 0 Å². The largest absolute Gasteiger partial charge is 0.495 e. The fourth-order valence-electron chi connectivity index (χ4n) is 4.69. The first-order chi connectivity index (χ1) is 18.4. The molecule has 0 radical (unpaired) electrons. The van der Waals surface area contributed by atoms with E-state index in [4.69, 9.17) is 14.2 Å². The number of hydrogen-bond acceptors (Lipinski definition) is 9. The van der Waals surface area contributed by atoms with Crippen LogP contribution >= 0.6 is 11.9 Å². The number of ether oxygens (including phenoxy) is 3. The molecule has 202 valence electrons. The third-order valence-corrected chi connectivity index (χ3v) is 7.30. The number of methoxy groups -OCH3 is 1. The summed E-state index contributed by atoms with van der Waals surface area (Å²) in [6, 6.07) is 22.0. The quantitative estimate of drug-likeness (QED) is 0.169. The van der Waals surface area contributed by atoms with Gasteiger partial charge in [-0.2, -0.15) is 0 Å². The summed E-state index contributed by atoms with van der Waals surface area (Å²) in [4.78, 5) is 28.2. The topological polar surface area (TPSA) is 80.7 Å². The molecule has 0 saturated carbocycles. The van der Waals surface area contributed by atoms with Crippen LogP contribution in [-0.4, -0.2) is 68.2 Å². The monoisotopic (exact) mass is 537 g/mol. The number of carbonyl (C=O) groups is 1. The van der Waals surface area contributed by atoms with Gasteiger partial charge in [0.1, 0.15) is 24.2 Å². The lowest BCUT2D eigenvalue weighted by molar-refractivity contribution is -0.152. The number of piperazine rings is 1. The molecule has 1 heterocycles. The maximum absolute atomic E-state index is 12.8. The van der Waals surface area contributed by atoms with Crippen LogP contribution in [0.3, 0.4) is 0 Å². The lowest BCUT2D eigenvalue weighted by Gasteiger charge is -2.37. The molecule has 0 bridgehead atoms. The molecule has 4 rings (SSSR count). The molecule has 0 aromatic heterocycles. The minimum atomic E-state index is -0.639. The smallest absolute Gasteiger partial charge is 0.307 e. The van der Waals surface area contributed by atoms with E-state index in [0.29, 0.717) is 6.54 Å². The van der Waals surface area contributed by atoms with Crippen LogP contribution in [0.5, 0.6) is 11.5 Å². The Morgan fingerprint density at radius 3 is 2.42 bits per heavy atom. The van der Waals surface area contributed by atoms with Gasteiger partial charge in [0.25, 0.3) is 0 Å². The van der Waals surface area contributed by atoms with Crippen molar-refractivity contribution in [1.82, 2.24) is 4.90 Å². The van der Waals surface area contributed by atoms with Crippen molar-refractivity contribution in [3.05, 3.63) is 71.6 Å². The molecular weight excluding hydrogens is 502 g/mol. The Hall–Kier alpha value is -3.30. The predicted octanol–water partition coefficient (Wildman–Crippen LogP) is 5.54. The zero-order chi connectivity index (χ0) is 27.0. The summed E-state index contributed by atoms with van der Waals surface area (Å²) in [7, 11) is 1.69. The van der Waals surface area contributed by atoms with Crippen molar-refractivity contribution >= 4 is 34.4 Å². The fraction of sp³-hybridized carbons (Fsp3) is 0.414. The summed E-state index contributed by atoms with van der Waals surface area (Å²) >= 11 is 0.849. The highest BCUT2D eigenvalue weighted by atomic mass is 32.2. The third kappa shape index (κ3) is 7.39. The number of fused-ring (bicyclic) bond motifs is 1. The van der Waals surface area contributed by atoms with E-state index in [1.807, 2.05) is 60.7 Å². The first-order valence-corrected chi connectivity index (χ1v) is 13.6. The van der Waals surface area contributed by atoms with Gasteiger partial charge in [-0.3, -0.25) is 9.69 Å². The normalized spacial score (nSPS) is 15.2. The van der Waals surface area contributed by atoms with Crippen molar-refractivity contribution in [2.45, 2.75) is 31.1 Å². The molecule has 1 aliphatic heterocycles. The molecule has 8 nitrogen and oxygen atoms in total. The van der Waals surface area contributed by atoms with Gasteiger partial charge in [0, 0.05) is 59.4 Å². The van der Waals surface area contributed by atoms with Crippen molar-refractivity contribution in [3.63, 3.8) is 0 Å². The maximum Gasteiger partial charge on any atom is 0.307 e. The van der Waals surface area contributed by atoms with Crippen LogP contribution in [0.15, 0.2) is 71.3 Å². The van der Waals surface area contributed by atoms with E-state index in [0.717, 1.165) is 66.1 Å². The van der Waals surface area contributed by atoms with Crippen LogP contribution in [0.2, 0.25) is 0 Å². The molecule has 0 aliphatic carbocycles. The van der Waals surface area contributed by atoms with Crippen LogP contribution in [0.1, 0.15) is 20.3 Å². The second kappa shape index (κ2) is 13.0. The van der Waals surface area contributed by atoms with Gasteiger partial charge in [-0.25, -0.2) is 0 Å². The Morgan fingerprint density at radius 2 is 1.66 bits per heavy atom. The highest BCUT2D eigenvalue weighted by Gasteiger charge is 2.29. The van der Waals surface area contributed by atoms with Crippen molar-refractivity contribution in [3.8, 4) is 11.5 Å². The van der Waals surface area contributed by atoms with Gasteiger partial charge in [-0.05, 0) is 37.4 Å². The van der Waals surface area contributed by atoms with Gasteiger partial charge in [0.05, 0.1) is 19.2 Å². The molecule has 1 saturated heterocycles. The zero-order valence-electron chi connectivity index (χ0n) is 22.2. The minimum absolute atomic E-state index is 0.0791. The van der Waals surface area contributed by atoms with E-state index >= 15 is 0 Å². The summed E-state index contributed by atoms with van der Waals surface area (Å²) in [5.41, 5.74) is 1.08. The summed E-state index contributed by atoms with van der Waals surface area (Å²) in [6.07, 6.45) is -0.389. The Kier molecular flexibility index (Phi) is 9.47. The first-order valence-electron chi connectivity index (χ1n) is 12.8. The number of para-hydroxylation sites is 2. The van der Waals surface area contributed by atoms with Gasteiger partial charge in [0.15, 0.2) is 0 Å².